The molecule has 4 nitrogen and oxygen atoms in total. The number of hydrogen-bond acceptors (Lipinski definition) is 4. The van der Waals surface area contributed by atoms with Gasteiger partial charge in [-0.25, -0.2) is 9.97 Å². The second kappa shape index (κ2) is 6.20. The molecule has 0 aromatic carbocycles. The summed E-state index contributed by atoms with van der Waals surface area (Å²) in [7, 11) is 2.25. The van der Waals surface area contributed by atoms with Crippen LogP contribution in [-0.2, 0) is 13.0 Å². The summed E-state index contributed by atoms with van der Waals surface area (Å²) in [6.45, 7) is 2.31. The van der Waals surface area contributed by atoms with E-state index in [1.54, 1.807) is 0 Å². The molecule has 0 saturated carbocycles. The largest absolute Gasteiger partial charge is 0.312 e. The topological polar surface area (TPSA) is 34.0 Å². The van der Waals surface area contributed by atoms with Crippen LogP contribution in [-0.4, -0.2) is 50.6 Å². The lowest BCUT2D eigenvalue weighted by Gasteiger charge is -2.20. The fraction of sp³-hybridized carbons (Fsp3) is 0.647. The summed E-state index contributed by atoms with van der Waals surface area (Å²) >= 11 is 2.09. The summed E-state index contributed by atoms with van der Waals surface area (Å²) in [5.74, 6) is 4.62. The molecule has 2 aromatic rings. The molecule has 2 unspecified atom stereocenters. The summed E-state index contributed by atoms with van der Waals surface area (Å²) in [6, 6.07) is 4.74. The summed E-state index contributed by atoms with van der Waals surface area (Å²) in [4.78, 5) is 12.0. The quantitative estimate of drug-likeness (QED) is 0.868. The van der Waals surface area contributed by atoms with Gasteiger partial charge in [0.15, 0.2) is 5.65 Å². The van der Waals surface area contributed by atoms with E-state index in [2.05, 4.69) is 39.3 Å². The number of likely N-dealkylation sites (N-methyl/N-ethyl adjacent to an activating group) is 1. The number of imidazole rings is 1. The SMILES string of the molecule is CN1CCCC1Cc1nc2cccnc2n1CC1CCSC1. The normalized spacial score (nSPS) is 26.2. The van der Waals surface area contributed by atoms with E-state index in [0.717, 1.165) is 30.0 Å². The molecule has 5 heteroatoms. The van der Waals surface area contributed by atoms with Crippen molar-refractivity contribution in [3.8, 4) is 0 Å². The van der Waals surface area contributed by atoms with Crippen LogP contribution in [0.4, 0.5) is 0 Å². The van der Waals surface area contributed by atoms with Crippen molar-refractivity contribution < 1.29 is 0 Å². The van der Waals surface area contributed by atoms with Gasteiger partial charge >= 0.3 is 0 Å². The van der Waals surface area contributed by atoms with E-state index < -0.39 is 0 Å². The lowest BCUT2D eigenvalue weighted by molar-refractivity contribution is 0.302. The molecule has 2 atom stereocenters. The van der Waals surface area contributed by atoms with Gasteiger partial charge in [0, 0.05) is 25.2 Å². The molecule has 4 heterocycles. The predicted molar refractivity (Wildman–Crippen MR) is 92.3 cm³/mol. The maximum atomic E-state index is 4.92. The minimum atomic E-state index is 0.647. The van der Waals surface area contributed by atoms with Gasteiger partial charge < -0.3 is 9.47 Å². The van der Waals surface area contributed by atoms with Crippen molar-refractivity contribution in [1.82, 2.24) is 19.4 Å². The van der Waals surface area contributed by atoms with E-state index in [1.165, 1.54) is 43.1 Å². The molecule has 2 aromatic heterocycles. The van der Waals surface area contributed by atoms with Crippen molar-refractivity contribution in [2.45, 2.75) is 38.3 Å². The van der Waals surface area contributed by atoms with E-state index in [0.29, 0.717) is 6.04 Å². The number of likely N-dealkylation sites (tertiary alicyclic amines) is 1. The number of aromatic nitrogens is 3. The number of nitrogens with zero attached hydrogens (tertiary/aromatic N) is 4. The first-order chi connectivity index (χ1) is 10.8. The minimum absolute atomic E-state index is 0.647. The van der Waals surface area contributed by atoms with Crippen LogP contribution in [0.5, 0.6) is 0 Å². The molecule has 2 aliphatic rings. The van der Waals surface area contributed by atoms with Gasteiger partial charge in [0.25, 0.3) is 0 Å². The molecule has 0 amide bonds. The van der Waals surface area contributed by atoms with Gasteiger partial charge in [-0.1, -0.05) is 0 Å². The van der Waals surface area contributed by atoms with Crippen LogP contribution in [0.3, 0.4) is 0 Å². The van der Waals surface area contributed by atoms with Crippen molar-refractivity contribution in [3.05, 3.63) is 24.2 Å². The van der Waals surface area contributed by atoms with Crippen LogP contribution in [0.25, 0.3) is 11.2 Å². The Bertz CT molecular complexity index is 647. The Labute approximate surface area is 136 Å². The van der Waals surface area contributed by atoms with Gasteiger partial charge in [-0.15, -0.1) is 0 Å². The zero-order valence-corrected chi connectivity index (χ0v) is 14.1. The molecule has 0 radical (unpaired) electrons. The number of pyridine rings is 1. The van der Waals surface area contributed by atoms with Crippen LogP contribution in [0.15, 0.2) is 18.3 Å². The van der Waals surface area contributed by atoms with E-state index in [1.807, 2.05) is 12.3 Å². The Morgan fingerprint density at radius 1 is 1.36 bits per heavy atom. The Morgan fingerprint density at radius 3 is 3.09 bits per heavy atom. The van der Waals surface area contributed by atoms with Crippen molar-refractivity contribution in [1.29, 1.82) is 0 Å². The first-order valence-electron chi connectivity index (χ1n) is 8.39. The molecular formula is C17H24N4S. The number of thioether (sulfide) groups is 1. The second-order valence-corrected chi connectivity index (χ2v) is 7.85. The molecule has 4 rings (SSSR count). The third-order valence-electron chi connectivity index (χ3n) is 5.14. The Hall–Kier alpha value is -1.07. The number of hydrogen-bond donors (Lipinski definition) is 0. The zero-order chi connectivity index (χ0) is 14.9. The highest BCUT2D eigenvalue weighted by Gasteiger charge is 2.25. The van der Waals surface area contributed by atoms with Crippen LogP contribution < -0.4 is 0 Å². The van der Waals surface area contributed by atoms with E-state index >= 15 is 0 Å². The maximum Gasteiger partial charge on any atom is 0.159 e. The molecule has 22 heavy (non-hydrogen) atoms. The third-order valence-corrected chi connectivity index (χ3v) is 6.37. The summed E-state index contributed by atoms with van der Waals surface area (Å²) in [5.41, 5.74) is 2.14. The lowest BCUT2D eigenvalue weighted by atomic mass is 10.1. The van der Waals surface area contributed by atoms with Gasteiger partial charge in [-0.2, -0.15) is 11.8 Å². The van der Waals surface area contributed by atoms with Gasteiger partial charge in [-0.3, -0.25) is 0 Å². The van der Waals surface area contributed by atoms with Crippen molar-refractivity contribution >= 4 is 22.9 Å². The van der Waals surface area contributed by atoms with E-state index in [-0.39, 0.29) is 0 Å². The van der Waals surface area contributed by atoms with Gasteiger partial charge in [0.05, 0.1) is 0 Å². The van der Waals surface area contributed by atoms with Crippen LogP contribution in [0.1, 0.15) is 25.1 Å². The molecule has 2 fully saturated rings. The van der Waals surface area contributed by atoms with Crippen molar-refractivity contribution in [3.63, 3.8) is 0 Å². The lowest BCUT2D eigenvalue weighted by Crippen LogP contribution is -2.28. The molecule has 0 bridgehead atoms. The first-order valence-corrected chi connectivity index (χ1v) is 9.55. The standard InChI is InChI=1S/C17H24N4S/c1-20-8-3-4-14(20)10-16-19-15-5-2-7-18-17(15)21(16)11-13-6-9-22-12-13/h2,5,7,13-14H,3-4,6,8-12H2,1H3. The van der Waals surface area contributed by atoms with Crippen molar-refractivity contribution in [2.24, 2.45) is 5.92 Å². The molecule has 2 saturated heterocycles. The highest BCUT2D eigenvalue weighted by Crippen LogP contribution is 2.28. The Balaban J connectivity index is 1.65. The minimum Gasteiger partial charge on any atom is -0.312 e. The summed E-state index contributed by atoms with van der Waals surface area (Å²) in [5, 5.41) is 0. The third kappa shape index (κ3) is 2.76. The van der Waals surface area contributed by atoms with Gasteiger partial charge in [0.1, 0.15) is 11.3 Å². The molecule has 0 aliphatic carbocycles. The zero-order valence-electron chi connectivity index (χ0n) is 13.2. The molecule has 0 N–H and O–H groups in total. The highest BCUT2D eigenvalue weighted by atomic mass is 32.2. The number of fused-ring (bicyclic) bond motifs is 1. The molecular weight excluding hydrogens is 292 g/mol. The molecule has 0 spiro atoms. The first kappa shape index (κ1) is 14.5. The molecule has 118 valence electrons. The predicted octanol–water partition coefficient (Wildman–Crippen LogP) is 2.82. The maximum absolute atomic E-state index is 4.92. The van der Waals surface area contributed by atoms with Crippen LogP contribution in [0.2, 0.25) is 0 Å². The van der Waals surface area contributed by atoms with Crippen LogP contribution >= 0.6 is 11.8 Å². The van der Waals surface area contributed by atoms with Crippen molar-refractivity contribution in [2.75, 3.05) is 25.1 Å². The van der Waals surface area contributed by atoms with E-state index in [9.17, 15) is 0 Å². The fourth-order valence-corrected chi connectivity index (χ4v) is 5.06. The average Bonchev–Trinajstić information content (AvgIpc) is 3.24. The summed E-state index contributed by atoms with van der Waals surface area (Å²) in [6.07, 6.45) is 6.91. The van der Waals surface area contributed by atoms with Gasteiger partial charge in [0.2, 0.25) is 0 Å². The Morgan fingerprint density at radius 2 is 2.32 bits per heavy atom. The number of rotatable bonds is 4. The smallest absolute Gasteiger partial charge is 0.159 e. The molecule has 2 aliphatic heterocycles. The Kier molecular flexibility index (Phi) is 4.09. The second-order valence-electron chi connectivity index (χ2n) is 6.70. The average molecular weight is 316 g/mol. The van der Waals surface area contributed by atoms with Gasteiger partial charge in [-0.05, 0) is 62.4 Å². The fourth-order valence-electron chi connectivity index (χ4n) is 3.79. The monoisotopic (exact) mass is 316 g/mol. The summed E-state index contributed by atoms with van der Waals surface area (Å²) < 4.78 is 2.41. The van der Waals surface area contributed by atoms with E-state index in [4.69, 9.17) is 4.98 Å². The highest BCUT2D eigenvalue weighted by molar-refractivity contribution is 7.99. The van der Waals surface area contributed by atoms with Crippen LogP contribution in [0, 0.1) is 5.92 Å².